The molecule has 0 spiro atoms. The third-order valence-electron chi connectivity index (χ3n) is 1.67. The van der Waals surface area contributed by atoms with Gasteiger partial charge in [0.15, 0.2) is 0 Å². The molecule has 1 amide bonds. The van der Waals surface area contributed by atoms with Crippen LogP contribution in [0.1, 0.15) is 19.3 Å². The number of amides is 1. The van der Waals surface area contributed by atoms with Crippen LogP contribution < -0.4 is 5.32 Å². The molecular weight excluding hydrogens is 202 g/mol. The van der Waals surface area contributed by atoms with Gasteiger partial charge >= 0.3 is 12.1 Å². The predicted molar refractivity (Wildman–Crippen MR) is 52.3 cm³/mol. The van der Waals surface area contributed by atoms with Crippen LogP contribution in [0.2, 0.25) is 0 Å². The van der Waals surface area contributed by atoms with Gasteiger partial charge in [-0.1, -0.05) is 0 Å². The highest BCUT2D eigenvalue weighted by Crippen LogP contribution is 1.95. The quantitative estimate of drug-likeness (QED) is 0.466. The molecule has 0 fully saturated rings. The van der Waals surface area contributed by atoms with Gasteiger partial charge in [-0.3, -0.25) is 0 Å². The van der Waals surface area contributed by atoms with Gasteiger partial charge in [-0.15, -0.1) is 0 Å². The number of hydrogen-bond acceptors (Lipinski definition) is 5. The van der Waals surface area contributed by atoms with E-state index in [0.717, 1.165) is 12.8 Å². The molecule has 0 unspecified atom stereocenters. The molecule has 0 saturated heterocycles. The van der Waals surface area contributed by atoms with Crippen LogP contribution >= 0.6 is 0 Å². The van der Waals surface area contributed by atoms with Crippen molar-refractivity contribution in [2.75, 3.05) is 26.9 Å². The number of rotatable bonds is 7. The molecule has 0 aliphatic heterocycles. The fourth-order valence-corrected chi connectivity index (χ4v) is 0.898. The number of carbonyl (C=O) groups excluding carboxylic acids is 2. The van der Waals surface area contributed by atoms with Crippen LogP contribution in [0.4, 0.5) is 4.79 Å². The summed E-state index contributed by atoms with van der Waals surface area (Å²) in [5.74, 6) is -0.609. The van der Waals surface area contributed by atoms with E-state index in [2.05, 4.69) is 14.8 Å². The highest BCUT2D eigenvalue weighted by atomic mass is 16.5. The zero-order valence-corrected chi connectivity index (χ0v) is 8.82. The fourth-order valence-electron chi connectivity index (χ4n) is 0.898. The lowest BCUT2D eigenvalue weighted by Crippen LogP contribution is -2.23. The summed E-state index contributed by atoms with van der Waals surface area (Å²) in [6, 6.07) is 0. The third-order valence-corrected chi connectivity index (χ3v) is 1.67. The molecule has 6 nitrogen and oxygen atoms in total. The topological polar surface area (TPSA) is 84.9 Å². The molecule has 6 heteroatoms. The summed E-state index contributed by atoms with van der Waals surface area (Å²) in [6.07, 6.45) is 1.91. The summed E-state index contributed by atoms with van der Waals surface area (Å²) in [6.45, 7) is 0.266. The lowest BCUT2D eigenvalue weighted by molar-refractivity contribution is -0.147. The van der Waals surface area contributed by atoms with E-state index in [1.54, 1.807) is 0 Å². The van der Waals surface area contributed by atoms with Crippen LogP contribution in [0.3, 0.4) is 0 Å². The average Bonchev–Trinajstić information content (AvgIpc) is 2.26. The Morgan fingerprint density at radius 3 is 2.60 bits per heavy atom. The molecule has 0 aromatic heterocycles. The van der Waals surface area contributed by atoms with Gasteiger partial charge in [0.1, 0.15) is 6.61 Å². The molecule has 0 atom stereocenters. The summed E-state index contributed by atoms with van der Waals surface area (Å²) in [5.41, 5.74) is 0. The average molecular weight is 219 g/mol. The summed E-state index contributed by atoms with van der Waals surface area (Å²) in [4.78, 5) is 21.1. The van der Waals surface area contributed by atoms with Crippen molar-refractivity contribution >= 4 is 12.1 Å². The van der Waals surface area contributed by atoms with E-state index in [1.165, 1.54) is 7.11 Å². The first-order valence-corrected chi connectivity index (χ1v) is 4.79. The van der Waals surface area contributed by atoms with E-state index >= 15 is 0 Å². The summed E-state index contributed by atoms with van der Waals surface area (Å²) < 4.78 is 9.02. The maximum absolute atomic E-state index is 10.6. The minimum Gasteiger partial charge on any atom is -0.464 e. The number of nitrogens with one attached hydrogen (secondary N) is 1. The Labute approximate surface area is 88.6 Å². The van der Waals surface area contributed by atoms with E-state index < -0.39 is 18.7 Å². The summed E-state index contributed by atoms with van der Waals surface area (Å²) in [5, 5.41) is 10.9. The Bertz CT molecular complexity index is 175. The molecule has 0 aromatic carbocycles. The Kier molecular flexibility index (Phi) is 8.46. The molecule has 0 rings (SSSR count). The first-order chi connectivity index (χ1) is 7.20. The van der Waals surface area contributed by atoms with Gasteiger partial charge in [0.2, 0.25) is 0 Å². The lowest BCUT2D eigenvalue weighted by Gasteiger charge is -2.04. The molecule has 15 heavy (non-hydrogen) atoms. The van der Waals surface area contributed by atoms with Crippen molar-refractivity contribution in [1.82, 2.24) is 5.32 Å². The number of methoxy groups -OCH3 is 1. The minimum atomic E-state index is -0.609. The van der Waals surface area contributed by atoms with Gasteiger partial charge in [-0.2, -0.15) is 0 Å². The van der Waals surface area contributed by atoms with Crippen LogP contribution in [0.15, 0.2) is 0 Å². The molecule has 0 aromatic rings. The second-order valence-electron chi connectivity index (χ2n) is 2.86. The van der Waals surface area contributed by atoms with Crippen molar-refractivity contribution in [1.29, 1.82) is 0 Å². The Morgan fingerprint density at radius 1 is 1.27 bits per heavy atom. The molecular formula is C9H17NO5. The highest BCUT2D eigenvalue weighted by molar-refractivity contribution is 5.70. The number of ether oxygens (including phenoxy) is 2. The number of alkyl carbamates (subject to hydrolysis) is 1. The second kappa shape index (κ2) is 9.26. The SMILES string of the molecule is COC(=O)NCCCCCOC(=O)CO. The maximum atomic E-state index is 10.6. The molecule has 0 bridgehead atoms. The number of unbranched alkanes of at least 4 members (excludes halogenated alkanes) is 2. The summed E-state index contributed by atoms with van der Waals surface area (Å²) in [7, 11) is 1.31. The van der Waals surface area contributed by atoms with E-state index in [1.807, 2.05) is 0 Å². The molecule has 0 heterocycles. The molecule has 2 N–H and O–H groups in total. The van der Waals surface area contributed by atoms with Gasteiger partial charge in [0, 0.05) is 6.54 Å². The Hall–Kier alpha value is -1.30. The smallest absolute Gasteiger partial charge is 0.406 e. The monoisotopic (exact) mass is 219 g/mol. The van der Waals surface area contributed by atoms with Crippen molar-refractivity contribution < 1.29 is 24.2 Å². The molecule has 0 aliphatic carbocycles. The van der Waals surface area contributed by atoms with Crippen molar-refractivity contribution in [3.8, 4) is 0 Å². The van der Waals surface area contributed by atoms with Crippen molar-refractivity contribution in [3.05, 3.63) is 0 Å². The largest absolute Gasteiger partial charge is 0.464 e. The van der Waals surface area contributed by atoms with Crippen LogP contribution in [-0.4, -0.2) is 44.0 Å². The van der Waals surface area contributed by atoms with Crippen molar-refractivity contribution in [3.63, 3.8) is 0 Å². The van der Waals surface area contributed by atoms with Crippen molar-refractivity contribution in [2.24, 2.45) is 0 Å². The first kappa shape index (κ1) is 13.7. The predicted octanol–water partition coefficient (Wildman–Crippen LogP) is 0.0482. The normalized spacial score (nSPS) is 9.47. The molecule has 0 saturated carbocycles. The van der Waals surface area contributed by atoms with E-state index in [4.69, 9.17) is 5.11 Å². The number of aliphatic hydroxyl groups is 1. The van der Waals surface area contributed by atoms with E-state index in [-0.39, 0.29) is 0 Å². The number of aliphatic hydroxyl groups excluding tert-OH is 1. The Balaban J connectivity index is 3.11. The first-order valence-electron chi connectivity index (χ1n) is 4.79. The fraction of sp³-hybridized carbons (Fsp3) is 0.778. The zero-order valence-electron chi connectivity index (χ0n) is 8.82. The standard InChI is InChI=1S/C9H17NO5/c1-14-9(13)10-5-3-2-4-6-15-8(12)7-11/h11H,2-7H2,1H3,(H,10,13). The molecule has 88 valence electrons. The van der Waals surface area contributed by atoms with Gasteiger partial charge in [0.05, 0.1) is 13.7 Å². The lowest BCUT2D eigenvalue weighted by atomic mass is 10.2. The van der Waals surface area contributed by atoms with Crippen LogP contribution in [0, 0.1) is 0 Å². The minimum absolute atomic E-state index is 0.303. The van der Waals surface area contributed by atoms with Crippen LogP contribution in [0.25, 0.3) is 0 Å². The van der Waals surface area contributed by atoms with Gasteiger partial charge in [-0.25, -0.2) is 9.59 Å². The molecule has 0 radical (unpaired) electrons. The Morgan fingerprint density at radius 2 is 2.00 bits per heavy atom. The van der Waals surface area contributed by atoms with Crippen molar-refractivity contribution in [2.45, 2.75) is 19.3 Å². The number of esters is 1. The highest BCUT2D eigenvalue weighted by Gasteiger charge is 1.99. The second-order valence-corrected chi connectivity index (χ2v) is 2.86. The van der Waals surface area contributed by atoms with Gasteiger partial charge in [-0.05, 0) is 19.3 Å². The number of carbonyl (C=O) groups is 2. The molecule has 0 aliphatic rings. The van der Waals surface area contributed by atoms with Gasteiger partial charge < -0.3 is 19.9 Å². The number of hydrogen-bond donors (Lipinski definition) is 2. The zero-order chi connectivity index (χ0) is 11.5. The maximum Gasteiger partial charge on any atom is 0.406 e. The van der Waals surface area contributed by atoms with Gasteiger partial charge in [0.25, 0.3) is 0 Å². The van der Waals surface area contributed by atoms with Crippen LogP contribution in [-0.2, 0) is 14.3 Å². The van der Waals surface area contributed by atoms with E-state index in [9.17, 15) is 9.59 Å². The third kappa shape index (κ3) is 9.01. The van der Waals surface area contributed by atoms with Crippen LogP contribution in [0.5, 0.6) is 0 Å². The summed E-state index contributed by atoms with van der Waals surface area (Å²) >= 11 is 0. The van der Waals surface area contributed by atoms with E-state index in [0.29, 0.717) is 19.6 Å².